The number of methoxy groups -OCH3 is 1. The van der Waals surface area contributed by atoms with Crippen LogP contribution in [0.4, 0.5) is 18.9 Å². The van der Waals surface area contributed by atoms with Crippen molar-refractivity contribution in [1.82, 2.24) is 4.90 Å². The van der Waals surface area contributed by atoms with Crippen LogP contribution in [0.5, 0.6) is 0 Å². The molecule has 7 heteroatoms. The maximum atomic E-state index is 12.6. The summed E-state index contributed by atoms with van der Waals surface area (Å²) in [7, 11) is 1.38. The number of anilines is 1. The zero-order valence-corrected chi connectivity index (χ0v) is 13.1. The Morgan fingerprint density at radius 1 is 1.13 bits per heavy atom. The van der Waals surface area contributed by atoms with Crippen LogP contribution < -0.4 is 4.90 Å². The number of halogens is 3. The molecule has 0 N–H and O–H groups in total. The molecular formula is C16H21F3N2O2. The molecule has 0 radical (unpaired) electrons. The van der Waals surface area contributed by atoms with Gasteiger partial charge in [0.25, 0.3) is 0 Å². The number of hydrogen-bond acceptors (Lipinski definition) is 4. The molecule has 0 amide bonds. The topological polar surface area (TPSA) is 32.8 Å². The summed E-state index contributed by atoms with van der Waals surface area (Å²) < 4.78 is 42.3. The van der Waals surface area contributed by atoms with Crippen LogP contribution >= 0.6 is 0 Å². The van der Waals surface area contributed by atoms with E-state index in [9.17, 15) is 18.0 Å². The summed E-state index contributed by atoms with van der Waals surface area (Å²) in [6.07, 6.45) is -3.13. The molecule has 0 bridgehead atoms. The van der Waals surface area contributed by atoms with Crippen LogP contribution in [0, 0.1) is 0 Å². The summed E-state index contributed by atoms with van der Waals surface area (Å²) in [5, 5.41) is 0. The van der Waals surface area contributed by atoms with Crippen LogP contribution in [-0.4, -0.2) is 50.7 Å². The minimum Gasteiger partial charge on any atom is -0.469 e. The highest BCUT2D eigenvalue weighted by Gasteiger charge is 2.30. The summed E-state index contributed by atoms with van der Waals surface area (Å²) in [5.41, 5.74) is 0.190. The van der Waals surface area contributed by atoms with Crippen molar-refractivity contribution in [2.45, 2.75) is 19.0 Å². The minimum absolute atomic E-state index is 0.201. The van der Waals surface area contributed by atoms with Gasteiger partial charge in [-0.2, -0.15) is 13.2 Å². The molecule has 128 valence electrons. The van der Waals surface area contributed by atoms with E-state index < -0.39 is 11.7 Å². The van der Waals surface area contributed by atoms with E-state index in [1.807, 2.05) is 0 Å². The Balaban J connectivity index is 1.79. The second kappa shape index (κ2) is 7.68. The molecule has 23 heavy (non-hydrogen) atoms. The Morgan fingerprint density at radius 2 is 1.74 bits per heavy atom. The smallest absolute Gasteiger partial charge is 0.416 e. The van der Waals surface area contributed by atoms with Crippen LogP contribution in [0.2, 0.25) is 0 Å². The van der Waals surface area contributed by atoms with Gasteiger partial charge in [0.2, 0.25) is 0 Å². The molecule has 1 saturated heterocycles. The van der Waals surface area contributed by atoms with Gasteiger partial charge in [0.1, 0.15) is 0 Å². The monoisotopic (exact) mass is 330 g/mol. The second-order valence-electron chi connectivity index (χ2n) is 5.55. The first-order valence-corrected chi connectivity index (χ1v) is 7.61. The fourth-order valence-corrected chi connectivity index (χ4v) is 2.64. The molecule has 1 aromatic carbocycles. The number of ether oxygens (including phenoxy) is 1. The fraction of sp³-hybridized carbons (Fsp3) is 0.562. The lowest BCUT2D eigenvalue weighted by Crippen LogP contribution is -2.46. The third-order valence-electron chi connectivity index (χ3n) is 4.01. The molecule has 0 spiro atoms. The Morgan fingerprint density at radius 3 is 2.26 bits per heavy atom. The van der Waals surface area contributed by atoms with Gasteiger partial charge in [-0.05, 0) is 37.2 Å². The number of hydrogen-bond donors (Lipinski definition) is 0. The lowest BCUT2D eigenvalue weighted by atomic mass is 10.1. The van der Waals surface area contributed by atoms with E-state index in [0.717, 1.165) is 57.0 Å². The quantitative estimate of drug-likeness (QED) is 0.777. The molecule has 1 aliphatic heterocycles. The average molecular weight is 330 g/mol. The molecule has 0 unspecified atom stereocenters. The predicted molar refractivity (Wildman–Crippen MR) is 81.3 cm³/mol. The molecule has 1 aliphatic rings. The SMILES string of the molecule is COC(=O)CCCN1CCN(c2ccc(C(F)(F)F)cc2)CC1. The highest BCUT2D eigenvalue weighted by Crippen LogP contribution is 2.30. The van der Waals surface area contributed by atoms with Gasteiger partial charge in [0.15, 0.2) is 0 Å². The Kier molecular flexibility index (Phi) is 5.87. The van der Waals surface area contributed by atoms with E-state index >= 15 is 0 Å². The van der Waals surface area contributed by atoms with Crippen LogP contribution in [0.25, 0.3) is 0 Å². The van der Waals surface area contributed by atoms with Crippen LogP contribution in [0.3, 0.4) is 0 Å². The van der Waals surface area contributed by atoms with Gasteiger partial charge in [-0.25, -0.2) is 0 Å². The van der Waals surface area contributed by atoms with Crippen LogP contribution in [-0.2, 0) is 15.7 Å². The number of benzene rings is 1. The number of nitrogens with zero attached hydrogens (tertiary/aromatic N) is 2. The highest BCUT2D eigenvalue weighted by molar-refractivity contribution is 5.69. The third kappa shape index (κ3) is 5.13. The normalized spacial score (nSPS) is 16.4. The van der Waals surface area contributed by atoms with Crippen molar-refractivity contribution >= 4 is 11.7 Å². The molecule has 1 fully saturated rings. The predicted octanol–water partition coefficient (Wildman–Crippen LogP) is 2.78. The van der Waals surface area contributed by atoms with E-state index in [-0.39, 0.29) is 5.97 Å². The van der Waals surface area contributed by atoms with Gasteiger partial charge in [-0.15, -0.1) is 0 Å². The number of carbonyl (C=O) groups excluding carboxylic acids is 1. The summed E-state index contributed by atoms with van der Waals surface area (Å²) in [4.78, 5) is 15.4. The first-order valence-electron chi connectivity index (χ1n) is 7.61. The van der Waals surface area contributed by atoms with Crippen molar-refractivity contribution in [3.05, 3.63) is 29.8 Å². The van der Waals surface area contributed by atoms with E-state index in [0.29, 0.717) is 6.42 Å². The maximum absolute atomic E-state index is 12.6. The van der Waals surface area contributed by atoms with E-state index in [1.165, 1.54) is 19.2 Å². The lowest BCUT2D eigenvalue weighted by Gasteiger charge is -2.36. The van der Waals surface area contributed by atoms with Gasteiger partial charge in [-0.1, -0.05) is 0 Å². The van der Waals surface area contributed by atoms with Crippen molar-refractivity contribution < 1.29 is 22.7 Å². The third-order valence-corrected chi connectivity index (χ3v) is 4.01. The summed E-state index contributed by atoms with van der Waals surface area (Å²) in [5.74, 6) is -0.201. The average Bonchev–Trinajstić information content (AvgIpc) is 2.54. The number of rotatable bonds is 5. The molecule has 1 heterocycles. The molecule has 0 aromatic heterocycles. The van der Waals surface area contributed by atoms with Gasteiger partial charge in [0.05, 0.1) is 12.7 Å². The second-order valence-corrected chi connectivity index (χ2v) is 5.55. The highest BCUT2D eigenvalue weighted by atomic mass is 19.4. The van der Waals surface area contributed by atoms with Crippen molar-refractivity contribution in [2.75, 3.05) is 44.7 Å². The lowest BCUT2D eigenvalue weighted by molar-refractivity contribution is -0.141. The largest absolute Gasteiger partial charge is 0.469 e. The van der Waals surface area contributed by atoms with Gasteiger partial charge in [0, 0.05) is 38.3 Å². The standard InChI is InChI=1S/C16H21F3N2O2/c1-23-15(22)3-2-8-20-9-11-21(12-10-20)14-6-4-13(5-7-14)16(17,18)19/h4-7H,2-3,8-12H2,1H3. The van der Waals surface area contributed by atoms with Crippen molar-refractivity contribution in [3.63, 3.8) is 0 Å². The van der Waals surface area contributed by atoms with E-state index in [1.54, 1.807) is 0 Å². The van der Waals surface area contributed by atoms with Crippen LogP contribution in [0.15, 0.2) is 24.3 Å². The zero-order chi connectivity index (χ0) is 16.9. The first kappa shape index (κ1) is 17.6. The zero-order valence-electron chi connectivity index (χ0n) is 13.1. The molecule has 4 nitrogen and oxygen atoms in total. The Labute approximate surface area is 133 Å². The summed E-state index contributed by atoms with van der Waals surface area (Å²) in [6.45, 7) is 4.04. The van der Waals surface area contributed by atoms with E-state index in [2.05, 4.69) is 14.5 Å². The van der Waals surface area contributed by atoms with Crippen molar-refractivity contribution in [3.8, 4) is 0 Å². The summed E-state index contributed by atoms with van der Waals surface area (Å²) in [6, 6.07) is 5.29. The fourth-order valence-electron chi connectivity index (χ4n) is 2.64. The molecule has 0 atom stereocenters. The minimum atomic E-state index is -4.29. The van der Waals surface area contributed by atoms with Gasteiger partial charge >= 0.3 is 12.1 Å². The molecular weight excluding hydrogens is 309 g/mol. The number of carbonyl (C=O) groups is 1. The molecule has 0 aliphatic carbocycles. The van der Waals surface area contributed by atoms with Crippen LogP contribution in [0.1, 0.15) is 18.4 Å². The Bertz CT molecular complexity index is 509. The maximum Gasteiger partial charge on any atom is 0.416 e. The van der Waals surface area contributed by atoms with Gasteiger partial charge in [-0.3, -0.25) is 9.69 Å². The Hall–Kier alpha value is -1.76. The molecule has 2 rings (SSSR count). The van der Waals surface area contributed by atoms with E-state index in [4.69, 9.17) is 0 Å². The molecule has 0 saturated carbocycles. The number of piperazine rings is 1. The number of esters is 1. The van der Waals surface area contributed by atoms with Crippen molar-refractivity contribution in [2.24, 2.45) is 0 Å². The van der Waals surface area contributed by atoms with Crippen molar-refractivity contribution in [1.29, 1.82) is 0 Å². The summed E-state index contributed by atoms with van der Waals surface area (Å²) >= 11 is 0. The van der Waals surface area contributed by atoms with Gasteiger partial charge < -0.3 is 9.64 Å². The first-order chi connectivity index (χ1) is 10.9. The number of alkyl halides is 3. The molecule has 1 aromatic rings.